The van der Waals surface area contributed by atoms with Crippen molar-refractivity contribution in [1.82, 2.24) is 0 Å². The Morgan fingerprint density at radius 3 is 2.59 bits per heavy atom. The maximum atomic E-state index is 12.7. The quantitative estimate of drug-likeness (QED) is 0.786. The number of fused-ring (bicyclic) bond motifs is 1. The fraction of sp³-hybridized carbons (Fsp3) is 0.200. The predicted octanol–water partition coefficient (Wildman–Crippen LogP) is 2.49. The Hall–Kier alpha value is -3.48. The molecule has 0 aromatic heterocycles. The highest BCUT2D eigenvalue weighted by Gasteiger charge is 2.30. The fourth-order valence-corrected chi connectivity index (χ4v) is 2.79. The van der Waals surface area contributed by atoms with Gasteiger partial charge in [-0.05, 0) is 36.8 Å². The van der Waals surface area contributed by atoms with Gasteiger partial charge in [0.05, 0.1) is 19.8 Å². The van der Waals surface area contributed by atoms with Crippen molar-refractivity contribution in [2.75, 3.05) is 20.8 Å². The number of nitrogens with two attached hydrogens (primary N) is 1. The molecule has 0 saturated carbocycles. The van der Waals surface area contributed by atoms with E-state index in [0.717, 1.165) is 0 Å². The van der Waals surface area contributed by atoms with Crippen LogP contribution in [0.5, 0.6) is 23.0 Å². The second-order valence-corrected chi connectivity index (χ2v) is 5.92. The monoisotopic (exact) mass is 369 g/mol. The average Bonchev–Trinajstić information content (AvgIpc) is 2.96. The number of allylic oxidation sites excluding steroid dienone is 1. The standard InChI is InChI=1S/C20H19NO6/c1-11-6-14(26-10-18(21)22)9-16-19(11)20(23)17(27-16)7-12-4-5-13(24-2)8-15(12)25-3/h4-9H,10H2,1-3H3,(H2,21,22)/b17-7-. The van der Waals surface area contributed by atoms with Crippen LogP contribution in [0.2, 0.25) is 0 Å². The first-order chi connectivity index (χ1) is 12.9. The summed E-state index contributed by atoms with van der Waals surface area (Å²) >= 11 is 0. The molecule has 1 heterocycles. The van der Waals surface area contributed by atoms with Gasteiger partial charge in [0.1, 0.15) is 23.0 Å². The molecule has 2 N–H and O–H groups in total. The van der Waals surface area contributed by atoms with Crippen LogP contribution in [0.4, 0.5) is 0 Å². The highest BCUT2D eigenvalue weighted by molar-refractivity contribution is 6.15. The number of rotatable bonds is 6. The molecule has 0 radical (unpaired) electrons. The number of primary amides is 1. The molecule has 1 amide bonds. The van der Waals surface area contributed by atoms with Gasteiger partial charge >= 0.3 is 0 Å². The molecular formula is C20H19NO6. The van der Waals surface area contributed by atoms with Crippen LogP contribution in [0.25, 0.3) is 6.08 Å². The summed E-state index contributed by atoms with van der Waals surface area (Å²) in [6.07, 6.45) is 1.62. The van der Waals surface area contributed by atoms with E-state index in [9.17, 15) is 9.59 Å². The number of aryl methyl sites for hydroxylation is 1. The highest BCUT2D eigenvalue weighted by Crippen LogP contribution is 2.38. The predicted molar refractivity (Wildman–Crippen MR) is 98.3 cm³/mol. The number of ether oxygens (including phenoxy) is 4. The van der Waals surface area contributed by atoms with Crippen molar-refractivity contribution in [1.29, 1.82) is 0 Å². The lowest BCUT2D eigenvalue weighted by atomic mass is 10.0. The fourth-order valence-electron chi connectivity index (χ4n) is 2.79. The van der Waals surface area contributed by atoms with Crippen molar-refractivity contribution >= 4 is 17.8 Å². The van der Waals surface area contributed by atoms with Gasteiger partial charge in [-0.1, -0.05) is 0 Å². The van der Waals surface area contributed by atoms with Gasteiger partial charge in [0.2, 0.25) is 5.78 Å². The van der Waals surface area contributed by atoms with Gasteiger partial charge in [-0.3, -0.25) is 9.59 Å². The molecule has 3 rings (SSSR count). The van der Waals surface area contributed by atoms with E-state index in [1.807, 2.05) is 0 Å². The maximum Gasteiger partial charge on any atom is 0.255 e. The molecule has 7 nitrogen and oxygen atoms in total. The second-order valence-electron chi connectivity index (χ2n) is 5.92. The van der Waals surface area contributed by atoms with Crippen molar-refractivity contribution in [3.8, 4) is 23.0 Å². The first kappa shape index (κ1) is 18.3. The van der Waals surface area contributed by atoms with E-state index in [1.54, 1.807) is 50.4 Å². The van der Waals surface area contributed by atoms with E-state index < -0.39 is 5.91 Å². The number of hydrogen-bond donors (Lipinski definition) is 1. The molecule has 0 unspecified atom stereocenters. The van der Waals surface area contributed by atoms with Crippen molar-refractivity contribution in [2.24, 2.45) is 5.73 Å². The normalized spacial score (nSPS) is 13.9. The van der Waals surface area contributed by atoms with Crippen LogP contribution < -0.4 is 24.7 Å². The SMILES string of the molecule is COc1ccc(/C=C2\Oc3cc(OCC(N)=O)cc(C)c3C2=O)c(OC)c1. The Labute approximate surface area is 156 Å². The van der Waals surface area contributed by atoms with Crippen LogP contribution in [-0.4, -0.2) is 32.5 Å². The van der Waals surface area contributed by atoms with Crippen molar-refractivity contribution < 1.29 is 28.5 Å². The third-order valence-electron chi connectivity index (χ3n) is 4.05. The molecule has 0 bridgehead atoms. The summed E-state index contributed by atoms with van der Waals surface area (Å²) in [5, 5.41) is 0. The van der Waals surface area contributed by atoms with Gasteiger partial charge in [0.15, 0.2) is 12.4 Å². The van der Waals surface area contributed by atoms with Crippen LogP contribution in [0.1, 0.15) is 21.5 Å². The smallest absolute Gasteiger partial charge is 0.255 e. The van der Waals surface area contributed by atoms with E-state index in [1.165, 1.54) is 7.11 Å². The molecular weight excluding hydrogens is 350 g/mol. The van der Waals surface area contributed by atoms with Crippen LogP contribution in [0, 0.1) is 6.92 Å². The summed E-state index contributed by atoms with van der Waals surface area (Å²) < 4.78 is 21.6. The number of Topliss-reactive ketones (excluding diaryl/α,β-unsaturated/α-hetero) is 1. The number of carbonyl (C=O) groups excluding carboxylic acids is 2. The Morgan fingerprint density at radius 1 is 1.15 bits per heavy atom. The topological polar surface area (TPSA) is 97.1 Å². The summed E-state index contributed by atoms with van der Waals surface area (Å²) in [4.78, 5) is 23.6. The Balaban J connectivity index is 1.93. The first-order valence-corrected chi connectivity index (χ1v) is 8.15. The van der Waals surface area contributed by atoms with Crippen LogP contribution in [-0.2, 0) is 4.79 Å². The Bertz CT molecular complexity index is 948. The van der Waals surface area contributed by atoms with Gasteiger partial charge in [-0.25, -0.2) is 0 Å². The molecule has 0 saturated heterocycles. The zero-order chi connectivity index (χ0) is 19.6. The van der Waals surface area contributed by atoms with Gasteiger partial charge in [-0.15, -0.1) is 0 Å². The second kappa shape index (κ2) is 7.41. The minimum atomic E-state index is -0.586. The Morgan fingerprint density at radius 2 is 1.93 bits per heavy atom. The van der Waals surface area contributed by atoms with E-state index in [0.29, 0.717) is 39.7 Å². The summed E-state index contributed by atoms with van der Waals surface area (Å²) in [6, 6.07) is 8.50. The van der Waals surface area contributed by atoms with E-state index in [4.69, 9.17) is 24.7 Å². The molecule has 2 aromatic carbocycles. The average molecular weight is 369 g/mol. The van der Waals surface area contributed by atoms with Crippen molar-refractivity contribution in [2.45, 2.75) is 6.92 Å². The van der Waals surface area contributed by atoms with Crippen molar-refractivity contribution in [3.63, 3.8) is 0 Å². The highest BCUT2D eigenvalue weighted by atomic mass is 16.5. The molecule has 2 aromatic rings. The third kappa shape index (κ3) is 3.72. The van der Waals surface area contributed by atoms with Gasteiger partial charge in [-0.2, -0.15) is 0 Å². The molecule has 0 aliphatic carbocycles. The summed E-state index contributed by atoms with van der Waals surface area (Å²) in [7, 11) is 3.10. The van der Waals surface area contributed by atoms with Crippen LogP contribution in [0.15, 0.2) is 36.1 Å². The van der Waals surface area contributed by atoms with Gasteiger partial charge < -0.3 is 24.7 Å². The van der Waals surface area contributed by atoms with Crippen LogP contribution in [0.3, 0.4) is 0 Å². The number of ketones is 1. The lowest BCUT2D eigenvalue weighted by Gasteiger charge is -2.08. The lowest BCUT2D eigenvalue weighted by molar-refractivity contribution is -0.119. The molecule has 1 aliphatic rings. The number of amides is 1. The number of carbonyl (C=O) groups is 2. The molecule has 0 spiro atoms. The largest absolute Gasteiger partial charge is 0.497 e. The summed E-state index contributed by atoms with van der Waals surface area (Å²) in [5.41, 5.74) is 6.91. The molecule has 7 heteroatoms. The number of methoxy groups -OCH3 is 2. The molecule has 140 valence electrons. The summed E-state index contributed by atoms with van der Waals surface area (Å²) in [5.74, 6) is 1.32. The van der Waals surface area contributed by atoms with E-state index >= 15 is 0 Å². The van der Waals surface area contributed by atoms with Gasteiger partial charge in [0.25, 0.3) is 5.91 Å². The van der Waals surface area contributed by atoms with Crippen LogP contribution >= 0.6 is 0 Å². The molecule has 27 heavy (non-hydrogen) atoms. The third-order valence-corrected chi connectivity index (χ3v) is 4.05. The lowest BCUT2D eigenvalue weighted by Crippen LogP contribution is -2.20. The van der Waals surface area contributed by atoms with E-state index in [-0.39, 0.29) is 18.1 Å². The molecule has 1 aliphatic heterocycles. The molecule has 0 atom stereocenters. The number of hydrogen-bond acceptors (Lipinski definition) is 6. The minimum Gasteiger partial charge on any atom is -0.497 e. The van der Waals surface area contributed by atoms with E-state index in [2.05, 4.69) is 0 Å². The minimum absolute atomic E-state index is 0.170. The van der Waals surface area contributed by atoms with Gasteiger partial charge in [0, 0.05) is 17.7 Å². The zero-order valence-electron chi connectivity index (χ0n) is 15.2. The maximum absolute atomic E-state index is 12.7. The molecule has 0 fully saturated rings. The number of benzene rings is 2. The first-order valence-electron chi connectivity index (χ1n) is 8.15. The van der Waals surface area contributed by atoms with Crippen molar-refractivity contribution in [3.05, 3.63) is 52.8 Å². The Kier molecular flexibility index (Phi) is 5.03. The zero-order valence-corrected chi connectivity index (χ0v) is 15.2. The summed E-state index contributed by atoms with van der Waals surface area (Å²) in [6.45, 7) is 1.52.